The zero-order chi connectivity index (χ0) is 11.1. The zero-order valence-corrected chi connectivity index (χ0v) is 9.78. The third-order valence-electron chi connectivity index (χ3n) is 3.30. The first kappa shape index (κ1) is 11.0. The lowest BCUT2D eigenvalue weighted by atomic mass is 9.64. The summed E-state index contributed by atoms with van der Waals surface area (Å²) in [6.07, 6.45) is 3.02. The van der Waals surface area contributed by atoms with Crippen LogP contribution in [0, 0.1) is 11.6 Å². The van der Waals surface area contributed by atoms with Gasteiger partial charge in [-0.3, -0.25) is 0 Å². The molecule has 0 saturated heterocycles. The van der Waals surface area contributed by atoms with Gasteiger partial charge in [-0.1, -0.05) is 6.42 Å². The molecule has 0 bridgehead atoms. The van der Waals surface area contributed by atoms with Crippen LogP contribution in [0.3, 0.4) is 0 Å². The predicted molar refractivity (Wildman–Crippen MR) is 58.6 cm³/mol. The minimum absolute atomic E-state index is 0.128. The Labute approximate surface area is 95.8 Å². The Morgan fingerprint density at radius 3 is 2.40 bits per heavy atom. The summed E-state index contributed by atoms with van der Waals surface area (Å²) in [6.45, 7) is 0.491. The molecule has 1 aromatic rings. The molecule has 82 valence electrons. The van der Waals surface area contributed by atoms with Gasteiger partial charge in [-0.05, 0) is 46.5 Å². The van der Waals surface area contributed by atoms with E-state index in [-0.39, 0.29) is 9.89 Å². The molecule has 0 spiro atoms. The fraction of sp³-hybridized carbons (Fsp3) is 0.455. The summed E-state index contributed by atoms with van der Waals surface area (Å²) in [5.41, 5.74) is 6.39. The molecule has 2 rings (SSSR count). The first-order valence-corrected chi connectivity index (χ1v) is 5.73. The molecule has 1 fully saturated rings. The lowest BCUT2D eigenvalue weighted by Gasteiger charge is -2.41. The minimum Gasteiger partial charge on any atom is -0.330 e. The van der Waals surface area contributed by atoms with Crippen molar-refractivity contribution in [3.63, 3.8) is 0 Å². The predicted octanol–water partition coefficient (Wildman–Crippen LogP) is 3.11. The summed E-state index contributed by atoms with van der Waals surface area (Å²) < 4.78 is 26.5. The SMILES string of the molecule is NCC1(c2cc(F)c(F)c(Br)c2)CCC1. The molecule has 0 unspecified atom stereocenters. The Kier molecular flexibility index (Phi) is 2.81. The van der Waals surface area contributed by atoms with E-state index in [0.29, 0.717) is 6.54 Å². The normalized spacial score (nSPS) is 18.7. The van der Waals surface area contributed by atoms with Crippen LogP contribution in [-0.2, 0) is 5.41 Å². The maximum absolute atomic E-state index is 13.2. The van der Waals surface area contributed by atoms with Gasteiger partial charge in [-0.25, -0.2) is 8.78 Å². The molecule has 0 radical (unpaired) electrons. The molecule has 1 aliphatic carbocycles. The van der Waals surface area contributed by atoms with E-state index >= 15 is 0 Å². The highest BCUT2D eigenvalue weighted by atomic mass is 79.9. The number of hydrogen-bond acceptors (Lipinski definition) is 1. The molecule has 0 amide bonds. The van der Waals surface area contributed by atoms with Gasteiger partial charge in [0.15, 0.2) is 11.6 Å². The second kappa shape index (κ2) is 3.83. The van der Waals surface area contributed by atoms with Crippen LogP contribution in [0.4, 0.5) is 8.78 Å². The standard InChI is InChI=1S/C11H12BrF2N/c12-8-4-7(5-9(13)10(8)14)11(6-15)2-1-3-11/h4-5H,1-3,6,15H2. The fourth-order valence-corrected chi connectivity index (χ4v) is 2.51. The lowest BCUT2D eigenvalue weighted by Crippen LogP contribution is -2.41. The Balaban J connectivity index is 2.45. The number of benzene rings is 1. The van der Waals surface area contributed by atoms with Crippen molar-refractivity contribution in [2.45, 2.75) is 24.7 Å². The van der Waals surface area contributed by atoms with Gasteiger partial charge in [-0.15, -0.1) is 0 Å². The van der Waals surface area contributed by atoms with Crippen LogP contribution in [0.25, 0.3) is 0 Å². The topological polar surface area (TPSA) is 26.0 Å². The van der Waals surface area contributed by atoms with E-state index in [1.165, 1.54) is 6.07 Å². The number of halogens is 3. The molecule has 1 aliphatic rings. The van der Waals surface area contributed by atoms with Crippen LogP contribution in [0.2, 0.25) is 0 Å². The lowest BCUT2D eigenvalue weighted by molar-refractivity contribution is 0.251. The second-order valence-corrected chi connectivity index (χ2v) is 4.95. The molecule has 1 aromatic carbocycles. The second-order valence-electron chi connectivity index (χ2n) is 4.09. The quantitative estimate of drug-likeness (QED) is 0.825. The molecule has 0 heterocycles. The Hall–Kier alpha value is -0.480. The maximum Gasteiger partial charge on any atom is 0.172 e. The van der Waals surface area contributed by atoms with Crippen molar-refractivity contribution in [1.29, 1.82) is 0 Å². The van der Waals surface area contributed by atoms with E-state index < -0.39 is 11.6 Å². The van der Waals surface area contributed by atoms with Crippen molar-refractivity contribution >= 4 is 15.9 Å². The molecular formula is C11H12BrF2N. The molecule has 2 N–H and O–H groups in total. The van der Waals surface area contributed by atoms with Crippen LogP contribution < -0.4 is 5.73 Å². The fourth-order valence-electron chi connectivity index (χ4n) is 2.08. The molecular weight excluding hydrogens is 264 g/mol. The van der Waals surface area contributed by atoms with Crippen LogP contribution in [0.5, 0.6) is 0 Å². The molecule has 0 aromatic heterocycles. The van der Waals surface area contributed by atoms with Gasteiger partial charge in [0.2, 0.25) is 0 Å². The van der Waals surface area contributed by atoms with E-state index in [2.05, 4.69) is 15.9 Å². The Bertz CT molecular complexity index is 360. The van der Waals surface area contributed by atoms with Gasteiger partial charge in [0.1, 0.15) is 0 Å². The third kappa shape index (κ3) is 1.70. The van der Waals surface area contributed by atoms with E-state index in [0.717, 1.165) is 24.8 Å². The highest BCUT2D eigenvalue weighted by Gasteiger charge is 2.38. The van der Waals surface area contributed by atoms with Crippen LogP contribution >= 0.6 is 15.9 Å². The third-order valence-corrected chi connectivity index (χ3v) is 3.87. The van der Waals surface area contributed by atoms with Gasteiger partial charge < -0.3 is 5.73 Å². The summed E-state index contributed by atoms with van der Waals surface area (Å²) in [6, 6.07) is 2.91. The van der Waals surface area contributed by atoms with Gasteiger partial charge in [0, 0.05) is 12.0 Å². The first-order chi connectivity index (χ1) is 7.09. The van der Waals surface area contributed by atoms with Crippen LogP contribution in [0.1, 0.15) is 24.8 Å². The van der Waals surface area contributed by atoms with Crippen LogP contribution in [-0.4, -0.2) is 6.54 Å². The summed E-state index contributed by atoms with van der Waals surface area (Å²) in [5.74, 6) is -1.63. The Morgan fingerprint density at radius 1 is 1.33 bits per heavy atom. The zero-order valence-electron chi connectivity index (χ0n) is 8.19. The summed E-state index contributed by atoms with van der Waals surface area (Å²) >= 11 is 3.02. The molecule has 0 aliphatic heterocycles. The van der Waals surface area contributed by atoms with Crippen LogP contribution in [0.15, 0.2) is 16.6 Å². The van der Waals surface area contributed by atoms with Gasteiger partial charge in [0.05, 0.1) is 4.47 Å². The molecule has 1 saturated carbocycles. The van der Waals surface area contributed by atoms with E-state index in [1.54, 1.807) is 6.07 Å². The highest BCUT2D eigenvalue weighted by molar-refractivity contribution is 9.10. The van der Waals surface area contributed by atoms with Crippen molar-refractivity contribution in [2.75, 3.05) is 6.54 Å². The van der Waals surface area contributed by atoms with E-state index in [1.807, 2.05) is 0 Å². The minimum atomic E-state index is -0.828. The molecule has 0 atom stereocenters. The van der Waals surface area contributed by atoms with Gasteiger partial charge in [0.25, 0.3) is 0 Å². The highest BCUT2D eigenvalue weighted by Crippen LogP contribution is 2.44. The van der Waals surface area contributed by atoms with Crippen molar-refractivity contribution in [1.82, 2.24) is 0 Å². The monoisotopic (exact) mass is 275 g/mol. The molecule has 4 heteroatoms. The van der Waals surface area contributed by atoms with Gasteiger partial charge in [-0.2, -0.15) is 0 Å². The van der Waals surface area contributed by atoms with E-state index in [9.17, 15) is 8.78 Å². The van der Waals surface area contributed by atoms with Crippen molar-refractivity contribution in [3.8, 4) is 0 Å². The number of rotatable bonds is 2. The average Bonchev–Trinajstić information content (AvgIpc) is 2.13. The van der Waals surface area contributed by atoms with E-state index in [4.69, 9.17) is 5.73 Å². The smallest absolute Gasteiger partial charge is 0.172 e. The average molecular weight is 276 g/mol. The summed E-state index contributed by atoms with van der Waals surface area (Å²) in [7, 11) is 0. The summed E-state index contributed by atoms with van der Waals surface area (Å²) in [4.78, 5) is 0. The number of nitrogens with two attached hydrogens (primary N) is 1. The Morgan fingerprint density at radius 2 is 2.00 bits per heavy atom. The summed E-state index contributed by atoms with van der Waals surface area (Å²) in [5, 5.41) is 0. The molecule has 1 nitrogen and oxygen atoms in total. The largest absolute Gasteiger partial charge is 0.330 e. The maximum atomic E-state index is 13.2. The van der Waals surface area contributed by atoms with Crippen molar-refractivity contribution < 1.29 is 8.78 Å². The van der Waals surface area contributed by atoms with Gasteiger partial charge >= 0.3 is 0 Å². The van der Waals surface area contributed by atoms with Crippen molar-refractivity contribution in [2.24, 2.45) is 5.73 Å². The number of hydrogen-bond donors (Lipinski definition) is 1. The first-order valence-electron chi connectivity index (χ1n) is 4.94. The molecule has 15 heavy (non-hydrogen) atoms. The van der Waals surface area contributed by atoms with Crippen molar-refractivity contribution in [3.05, 3.63) is 33.8 Å².